The number of amides is 2. The number of hydrogen-bond donors (Lipinski definition) is 2. The van der Waals surface area contributed by atoms with Crippen molar-refractivity contribution in [2.75, 3.05) is 6.54 Å². The van der Waals surface area contributed by atoms with E-state index in [1.165, 1.54) is 11.1 Å². The summed E-state index contributed by atoms with van der Waals surface area (Å²) in [5.74, 6) is 0.441. The molecule has 3 aromatic rings. The Morgan fingerprint density at radius 1 is 1.12 bits per heavy atom. The van der Waals surface area contributed by atoms with Crippen LogP contribution in [0.15, 0.2) is 67.3 Å². The average Bonchev–Trinajstić information content (AvgIpc) is 3.16. The molecule has 25 heavy (non-hydrogen) atoms. The Labute approximate surface area is 146 Å². The van der Waals surface area contributed by atoms with Crippen molar-refractivity contribution in [3.8, 4) is 5.69 Å². The minimum absolute atomic E-state index is 0.122. The third-order valence-corrected chi connectivity index (χ3v) is 4.66. The zero-order chi connectivity index (χ0) is 17.1. The van der Waals surface area contributed by atoms with Crippen LogP contribution in [0, 0.1) is 0 Å². The number of carbonyl (C=O) groups excluding carboxylic acids is 1. The van der Waals surface area contributed by atoms with Crippen LogP contribution >= 0.6 is 0 Å². The average molecular weight is 332 g/mol. The monoisotopic (exact) mass is 332 g/mol. The van der Waals surface area contributed by atoms with Crippen molar-refractivity contribution in [1.29, 1.82) is 0 Å². The Kier molecular flexibility index (Phi) is 4.21. The molecule has 1 heterocycles. The minimum Gasteiger partial charge on any atom is -0.338 e. The number of benzene rings is 2. The summed E-state index contributed by atoms with van der Waals surface area (Å²) >= 11 is 0. The Morgan fingerprint density at radius 3 is 2.72 bits per heavy atom. The number of nitrogens with one attached hydrogen (secondary N) is 2. The fourth-order valence-electron chi connectivity index (χ4n) is 3.20. The summed E-state index contributed by atoms with van der Waals surface area (Å²) in [5, 5.41) is 5.88. The molecule has 1 aliphatic carbocycles. The molecular weight excluding hydrogens is 312 g/mol. The highest BCUT2D eigenvalue weighted by molar-refractivity contribution is 5.74. The van der Waals surface area contributed by atoms with Gasteiger partial charge in [0.1, 0.15) is 0 Å². The van der Waals surface area contributed by atoms with Gasteiger partial charge in [-0.15, -0.1) is 0 Å². The number of hydrogen-bond acceptors (Lipinski definition) is 2. The van der Waals surface area contributed by atoms with Crippen molar-refractivity contribution in [1.82, 2.24) is 20.2 Å². The summed E-state index contributed by atoms with van der Waals surface area (Å²) in [6, 6.07) is 16.3. The Hall–Kier alpha value is -3.08. The fourth-order valence-corrected chi connectivity index (χ4v) is 3.20. The van der Waals surface area contributed by atoms with Crippen LogP contribution in [0.1, 0.15) is 22.6 Å². The molecule has 0 spiro atoms. The number of imidazole rings is 1. The van der Waals surface area contributed by atoms with Crippen LogP contribution in [0.3, 0.4) is 0 Å². The van der Waals surface area contributed by atoms with Gasteiger partial charge in [0.25, 0.3) is 0 Å². The number of fused-ring (bicyclic) bond motifs is 1. The molecule has 4 rings (SSSR count). The summed E-state index contributed by atoms with van der Waals surface area (Å²) in [4.78, 5) is 16.0. The summed E-state index contributed by atoms with van der Waals surface area (Å²) in [6.45, 7) is 1.19. The van der Waals surface area contributed by atoms with Crippen LogP contribution in [0.25, 0.3) is 5.69 Å². The molecule has 1 unspecified atom stereocenters. The molecule has 1 aromatic heterocycles. The smallest absolute Gasteiger partial charge is 0.315 e. The van der Waals surface area contributed by atoms with Gasteiger partial charge in [0.2, 0.25) is 0 Å². The molecule has 126 valence electrons. The number of rotatable bonds is 5. The maximum Gasteiger partial charge on any atom is 0.315 e. The minimum atomic E-state index is -0.122. The van der Waals surface area contributed by atoms with E-state index in [4.69, 9.17) is 0 Å². The van der Waals surface area contributed by atoms with E-state index >= 15 is 0 Å². The van der Waals surface area contributed by atoms with Gasteiger partial charge in [-0.05, 0) is 35.2 Å². The normalized spacial score (nSPS) is 15.1. The third-order valence-electron chi connectivity index (χ3n) is 4.66. The van der Waals surface area contributed by atoms with Crippen LogP contribution in [0.5, 0.6) is 0 Å². The lowest BCUT2D eigenvalue weighted by atomic mass is 9.78. The first-order chi connectivity index (χ1) is 12.3. The fraction of sp³-hybridized carbons (Fsp3) is 0.200. The zero-order valence-corrected chi connectivity index (χ0v) is 13.9. The van der Waals surface area contributed by atoms with Crippen LogP contribution in [-0.2, 0) is 13.0 Å². The summed E-state index contributed by atoms with van der Waals surface area (Å²) in [6.07, 6.45) is 6.46. The maximum atomic E-state index is 12.0. The van der Waals surface area contributed by atoms with Gasteiger partial charge in [0.15, 0.2) is 0 Å². The molecule has 1 aliphatic rings. The van der Waals surface area contributed by atoms with E-state index in [0.717, 1.165) is 17.7 Å². The molecule has 0 fully saturated rings. The molecule has 1 atom stereocenters. The lowest BCUT2D eigenvalue weighted by molar-refractivity contribution is 0.239. The quantitative estimate of drug-likeness (QED) is 0.754. The highest BCUT2D eigenvalue weighted by Crippen LogP contribution is 2.33. The van der Waals surface area contributed by atoms with E-state index < -0.39 is 0 Å². The molecule has 0 radical (unpaired) electrons. The van der Waals surface area contributed by atoms with E-state index in [1.54, 1.807) is 12.5 Å². The van der Waals surface area contributed by atoms with Gasteiger partial charge >= 0.3 is 6.03 Å². The molecule has 2 N–H and O–H groups in total. The Balaban J connectivity index is 1.24. The maximum absolute atomic E-state index is 12.0. The number of nitrogens with zero attached hydrogens (tertiary/aromatic N) is 2. The van der Waals surface area contributed by atoms with E-state index in [2.05, 4.69) is 39.9 Å². The molecule has 0 saturated heterocycles. The van der Waals surface area contributed by atoms with Crippen molar-refractivity contribution in [2.24, 2.45) is 0 Å². The first-order valence-electron chi connectivity index (χ1n) is 8.46. The summed E-state index contributed by atoms with van der Waals surface area (Å²) in [5.41, 5.74) is 4.87. The first kappa shape index (κ1) is 15.4. The van der Waals surface area contributed by atoms with Crippen LogP contribution in [0.4, 0.5) is 4.79 Å². The molecular formula is C20H20N4O. The standard InChI is InChI=1S/C20H20N4O/c25-20(23-13-17-11-16-3-1-2-4-19(16)17)22-12-15-5-7-18(8-6-15)24-10-9-21-14-24/h1-10,14,17H,11-13H2,(H2,22,23,25). The molecule has 5 nitrogen and oxygen atoms in total. The van der Waals surface area contributed by atoms with Gasteiger partial charge < -0.3 is 15.2 Å². The van der Waals surface area contributed by atoms with Crippen molar-refractivity contribution >= 4 is 6.03 Å². The van der Waals surface area contributed by atoms with Crippen molar-refractivity contribution in [2.45, 2.75) is 18.9 Å². The largest absolute Gasteiger partial charge is 0.338 e. The van der Waals surface area contributed by atoms with Gasteiger partial charge in [0, 0.05) is 37.1 Å². The third kappa shape index (κ3) is 3.40. The highest BCUT2D eigenvalue weighted by atomic mass is 16.2. The van der Waals surface area contributed by atoms with Crippen LogP contribution in [-0.4, -0.2) is 22.1 Å². The summed E-state index contributed by atoms with van der Waals surface area (Å²) in [7, 11) is 0. The lowest BCUT2D eigenvalue weighted by Gasteiger charge is -2.30. The van der Waals surface area contributed by atoms with E-state index in [-0.39, 0.29) is 6.03 Å². The van der Waals surface area contributed by atoms with Crippen molar-refractivity contribution in [3.63, 3.8) is 0 Å². The van der Waals surface area contributed by atoms with Gasteiger partial charge in [0.05, 0.1) is 6.33 Å². The zero-order valence-electron chi connectivity index (χ0n) is 13.9. The SMILES string of the molecule is O=C(NCc1ccc(-n2ccnc2)cc1)NCC1Cc2ccccc21. The van der Waals surface area contributed by atoms with Crippen LogP contribution < -0.4 is 10.6 Å². The molecule has 5 heteroatoms. The molecule has 0 aliphatic heterocycles. The summed E-state index contributed by atoms with van der Waals surface area (Å²) < 4.78 is 1.94. The predicted octanol–water partition coefficient (Wildman–Crippen LogP) is 3.01. The Bertz CT molecular complexity index is 856. The number of carbonyl (C=O) groups is 1. The van der Waals surface area contributed by atoms with Gasteiger partial charge in [-0.1, -0.05) is 36.4 Å². The second kappa shape index (κ2) is 6.81. The Morgan fingerprint density at radius 2 is 1.96 bits per heavy atom. The predicted molar refractivity (Wildman–Crippen MR) is 96.7 cm³/mol. The van der Waals surface area contributed by atoms with E-state index in [0.29, 0.717) is 19.0 Å². The van der Waals surface area contributed by atoms with Crippen molar-refractivity contribution in [3.05, 3.63) is 83.9 Å². The second-order valence-corrected chi connectivity index (χ2v) is 6.30. The lowest BCUT2D eigenvalue weighted by Crippen LogP contribution is -2.39. The van der Waals surface area contributed by atoms with Crippen molar-refractivity contribution < 1.29 is 4.79 Å². The van der Waals surface area contributed by atoms with Gasteiger partial charge in [-0.3, -0.25) is 0 Å². The molecule has 0 bridgehead atoms. The molecule has 2 amide bonds. The van der Waals surface area contributed by atoms with Gasteiger partial charge in [-0.25, -0.2) is 9.78 Å². The van der Waals surface area contributed by atoms with Gasteiger partial charge in [-0.2, -0.15) is 0 Å². The molecule has 0 saturated carbocycles. The topological polar surface area (TPSA) is 59.0 Å². The van der Waals surface area contributed by atoms with Crippen LogP contribution in [0.2, 0.25) is 0 Å². The number of urea groups is 1. The van der Waals surface area contributed by atoms with E-state index in [1.807, 2.05) is 35.0 Å². The molecule has 2 aromatic carbocycles. The first-order valence-corrected chi connectivity index (χ1v) is 8.46. The second-order valence-electron chi connectivity index (χ2n) is 6.30. The highest BCUT2D eigenvalue weighted by Gasteiger charge is 2.25. The van der Waals surface area contributed by atoms with E-state index in [9.17, 15) is 4.79 Å². The number of aromatic nitrogens is 2.